The third kappa shape index (κ3) is 18.3. The van der Waals surface area contributed by atoms with E-state index in [1.165, 1.54) is 0 Å². The monoisotopic (exact) mass is 290 g/mol. The second kappa shape index (κ2) is 5.86. The minimum atomic E-state index is -5.05. The van der Waals surface area contributed by atoms with Crippen molar-refractivity contribution in [1.82, 2.24) is 0 Å². The van der Waals surface area contributed by atoms with Crippen molar-refractivity contribution in [1.29, 1.82) is 0 Å². The van der Waals surface area contributed by atoms with Crippen molar-refractivity contribution in [3.63, 3.8) is 0 Å². The maximum absolute atomic E-state index is 9.63. The van der Waals surface area contributed by atoms with Gasteiger partial charge in [-0.1, -0.05) is 0 Å². The van der Waals surface area contributed by atoms with Crippen LogP contribution in [-0.4, -0.2) is 19.6 Å². The molecule has 0 radical (unpaired) electrons. The van der Waals surface area contributed by atoms with E-state index in [1.54, 1.807) is 0 Å². The van der Waals surface area contributed by atoms with Gasteiger partial charge in [0.2, 0.25) is 0 Å². The molecular formula is H4Fe2O7P2. The zero-order chi connectivity index (χ0) is 7.71. The molecule has 0 aliphatic heterocycles. The molecule has 0 bridgehead atoms. The molecular weight excluding hydrogens is 286 g/mol. The fraction of sp³-hybridized carbons (Fsp3) is 0. The Morgan fingerprint density at radius 1 is 0.818 bits per heavy atom. The molecule has 0 aromatic rings. The Kier molecular flexibility index (Phi) is 9.68. The molecule has 11 heteroatoms. The van der Waals surface area contributed by atoms with Crippen LogP contribution >= 0.6 is 15.6 Å². The van der Waals surface area contributed by atoms with Gasteiger partial charge in [-0.05, 0) is 0 Å². The predicted molar refractivity (Wildman–Crippen MR) is 25.2 cm³/mol. The van der Waals surface area contributed by atoms with E-state index in [2.05, 4.69) is 4.31 Å². The first-order chi connectivity index (χ1) is 3.71. The normalized spacial score (nSPS) is 11.3. The van der Waals surface area contributed by atoms with Crippen molar-refractivity contribution >= 4 is 15.6 Å². The van der Waals surface area contributed by atoms with E-state index < -0.39 is 15.6 Å². The zero-order valence-corrected chi connectivity index (χ0v) is 8.61. The fourth-order valence-electron chi connectivity index (χ4n) is 0.139. The molecule has 0 aliphatic carbocycles. The Morgan fingerprint density at radius 2 is 1.00 bits per heavy atom. The molecule has 72 valence electrons. The standard InChI is InChI=1S/2Fe.H4O7P2/c;;1-8(2,3)7-9(4,5)6/h;;(H2,1,2,3)(H2,4,5,6). The first-order valence-corrected chi connectivity index (χ1v) is 4.59. The van der Waals surface area contributed by atoms with Gasteiger partial charge in [-0.25, -0.2) is 9.13 Å². The zero-order valence-electron chi connectivity index (χ0n) is 4.62. The largest absolute Gasteiger partial charge is 0.478 e. The molecule has 0 saturated heterocycles. The second-order valence-corrected chi connectivity index (χ2v) is 3.68. The van der Waals surface area contributed by atoms with Gasteiger partial charge in [0.1, 0.15) is 0 Å². The van der Waals surface area contributed by atoms with Crippen molar-refractivity contribution in [3.05, 3.63) is 0 Å². The van der Waals surface area contributed by atoms with E-state index in [-0.39, 0.29) is 34.1 Å². The number of hydrogen-bond donors (Lipinski definition) is 4. The number of hydrogen-bond acceptors (Lipinski definition) is 3. The van der Waals surface area contributed by atoms with E-state index >= 15 is 0 Å². The SMILES string of the molecule is O=P(O)(O)OP(=O)(O)O.[Fe].[Fe]. The predicted octanol–water partition coefficient (Wildman–Crippen LogP) is -0.817. The summed E-state index contributed by atoms with van der Waals surface area (Å²) in [4.78, 5) is 31.0. The topological polar surface area (TPSA) is 124 Å². The average Bonchev–Trinajstić information content (AvgIpc) is 1.14. The molecule has 0 atom stereocenters. The third-order valence-corrected chi connectivity index (χ3v) is 1.91. The Morgan fingerprint density at radius 3 is 1.00 bits per heavy atom. The summed E-state index contributed by atoms with van der Waals surface area (Å²) < 4.78 is 22.2. The molecule has 0 heterocycles. The van der Waals surface area contributed by atoms with Gasteiger partial charge in [0.05, 0.1) is 0 Å². The molecule has 0 fully saturated rings. The molecule has 0 spiro atoms. The smallest absolute Gasteiger partial charge is 0.302 e. The van der Waals surface area contributed by atoms with Crippen LogP contribution in [0.2, 0.25) is 0 Å². The van der Waals surface area contributed by atoms with Gasteiger partial charge in [0.15, 0.2) is 0 Å². The number of rotatable bonds is 2. The Bertz CT molecular complexity index is 155. The molecule has 0 saturated carbocycles. The van der Waals surface area contributed by atoms with Gasteiger partial charge >= 0.3 is 15.6 Å². The van der Waals surface area contributed by atoms with Crippen molar-refractivity contribution in [2.45, 2.75) is 0 Å². The van der Waals surface area contributed by atoms with Crippen LogP contribution in [0.4, 0.5) is 0 Å². The van der Waals surface area contributed by atoms with Crippen LogP contribution in [0, 0.1) is 0 Å². The summed E-state index contributed by atoms with van der Waals surface area (Å²) in [6, 6.07) is 0. The van der Waals surface area contributed by atoms with E-state index in [1.807, 2.05) is 0 Å². The summed E-state index contributed by atoms with van der Waals surface area (Å²) in [5.74, 6) is 0. The molecule has 7 nitrogen and oxygen atoms in total. The van der Waals surface area contributed by atoms with E-state index in [4.69, 9.17) is 19.6 Å². The van der Waals surface area contributed by atoms with Crippen molar-refractivity contribution < 1.29 is 67.2 Å². The van der Waals surface area contributed by atoms with E-state index in [9.17, 15) is 9.13 Å². The van der Waals surface area contributed by atoms with Crippen LogP contribution in [0.25, 0.3) is 0 Å². The Hall–Kier alpha value is 1.30. The molecule has 11 heavy (non-hydrogen) atoms. The minimum Gasteiger partial charge on any atom is -0.302 e. The van der Waals surface area contributed by atoms with Crippen LogP contribution in [-0.2, 0) is 47.6 Å². The van der Waals surface area contributed by atoms with E-state index in [0.717, 1.165) is 0 Å². The van der Waals surface area contributed by atoms with Gasteiger partial charge in [0.25, 0.3) is 0 Å². The maximum Gasteiger partial charge on any atom is 0.478 e. The number of phosphoric acid groups is 2. The third-order valence-electron chi connectivity index (χ3n) is 0.213. The Balaban J connectivity index is -0.000000320. The van der Waals surface area contributed by atoms with Gasteiger partial charge in [-0.15, -0.1) is 0 Å². The molecule has 0 unspecified atom stereocenters. The first kappa shape index (κ1) is 18.2. The van der Waals surface area contributed by atoms with Crippen molar-refractivity contribution in [3.8, 4) is 0 Å². The average molecular weight is 290 g/mol. The molecule has 0 aromatic carbocycles. The molecule has 0 aliphatic rings. The molecule has 4 N–H and O–H groups in total. The van der Waals surface area contributed by atoms with Gasteiger partial charge in [0, 0.05) is 34.1 Å². The summed E-state index contributed by atoms with van der Waals surface area (Å²) in [7, 11) is -10.1. The summed E-state index contributed by atoms with van der Waals surface area (Å²) in [6.45, 7) is 0. The molecule has 0 rings (SSSR count). The maximum atomic E-state index is 9.63. The van der Waals surface area contributed by atoms with Crippen molar-refractivity contribution in [2.24, 2.45) is 0 Å². The minimum absolute atomic E-state index is 0. The van der Waals surface area contributed by atoms with E-state index in [0.29, 0.717) is 0 Å². The summed E-state index contributed by atoms with van der Waals surface area (Å²) in [6.07, 6.45) is 0. The quantitative estimate of drug-likeness (QED) is 0.387. The first-order valence-electron chi connectivity index (χ1n) is 1.53. The van der Waals surface area contributed by atoms with Crippen LogP contribution in [0.1, 0.15) is 0 Å². The van der Waals surface area contributed by atoms with Gasteiger partial charge in [-0.2, -0.15) is 4.31 Å². The second-order valence-electron chi connectivity index (χ2n) is 1.06. The summed E-state index contributed by atoms with van der Waals surface area (Å²) in [5, 5.41) is 0. The van der Waals surface area contributed by atoms with Crippen LogP contribution < -0.4 is 0 Å². The van der Waals surface area contributed by atoms with Gasteiger partial charge < -0.3 is 19.6 Å². The molecule has 0 aromatic heterocycles. The van der Waals surface area contributed by atoms with Crippen LogP contribution in [0.15, 0.2) is 0 Å². The Labute approximate surface area is 83.0 Å². The van der Waals surface area contributed by atoms with Crippen LogP contribution in [0.5, 0.6) is 0 Å². The molecule has 0 amide bonds. The van der Waals surface area contributed by atoms with Crippen LogP contribution in [0.3, 0.4) is 0 Å². The van der Waals surface area contributed by atoms with Gasteiger partial charge in [-0.3, -0.25) is 0 Å². The van der Waals surface area contributed by atoms with Crippen molar-refractivity contribution in [2.75, 3.05) is 0 Å². The fourth-order valence-corrected chi connectivity index (χ4v) is 1.25. The summed E-state index contributed by atoms with van der Waals surface area (Å²) >= 11 is 0. The summed E-state index contributed by atoms with van der Waals surface area (Å²) in [5.41, 5.74) is 0.